The molecule has 246 valence electrons. The molecule has 0 bridgehead atoms. The summed E-state index contributed by atoms with van der Waals surface area (Å²) in [5.41, 5.74) is 2.97. The zero-order valence-electron chi connectivity index (χ0n) is 27.1. The zero-order valence-corrected chi connectivity index (χ0v) is 27.1. The van der Waals surface area contributed by atoms with E-state index >= 15 is 0 Å². The summed E-state index contributed by atoms with van der Waals surface area (Å²) in [5.74, 6) is -1.19. The SMILES string of the molecule is CCCCCCCC(CCC)c1ccc(C(=O)OC2COC3C(OC(=O)c4ccc5c(c4)C(=O)c4ccccc4C5=O)COC23)cc1. The van der Waals surface area contributed by atoms with Crippen molar-refractivity contribution < 1.29 is 38.1 Å². The van der Waals surface area contributed by atoms with E-state index in [1.165, 1.54) is 55.9 Å². The number of hydrogen-bond donors (Lipinski definition) is 0. The third-order valence-electron chi connectivity index (χ3n) is 9.55. The Hall–Kier alpha value is -4.14. The molecular formula is C39H42O8. The fourth-order valence-corrected chi connectivity index (χ4v) is 6.98. The first-order valence-electron chi connectivity index (χ1n) is 17.0. The predicted molar refractivity (Wildman–Crippen MR) is 175 cm³/mol. The summed E-state index contributed by atoms with van der Waals surface area (Å²) in [6.45, 7) is 4.64. The smallest absolute Gasteiger partial charge is 0.338 e. The average molecular weight is 639 g/mol. The zero-order chi connectivity index (χ0) is 32.9. The van der Waals surface area contributed by atoms with E-state index < -0.39 is 36.4 Å². The van der Waals surface area contributed by atoms with Crippen molar-refractivity contribution in [3.8, 4) is 0 Å². The summed E-state index contributed by atoms with van der Waals surface area (Å²) in [4.78, 5) is 52.3. The molecule has 0 spiro atoms. The molecule has 6 rings (SSSR count). The molecule has 0 aromatic heterocycles. The number of rotatable bonds is 13. The topological polar surface area (TPSA) is 105 Å². The normalized spacial score (nSPS) is 21.9. The van der Waals surface area contributed by atoms with Crippen molar-refractivity contribution in [2.75, 3.05) is 13.2 Å². The van der Waals surface area contributed by atoms with Gasteiger partial charge in [0.05, 0.1) is 24.3 Å². The third-order valence-corrected chi connectivity index (χ3v) is 9.55. The van der Waals surface area contributed by atoms with Crippen molar-refractivity contribution in [3.63, 3.8) is 0 Å². The summed E-state index contributed by atoms with van der Waals surface area (Å²) >= 11 is 0. The Morgan fingerprint density at radius 1 is 0.660 bits per heavy atom. The second kappa shape index (κ2) is 14.7. The van der Waals surface area contributed by atoms with Crippen LogP contribution in [0.1, 0.15) is 129 Å². The van der Waals surface area contributed by atoms with Crippen molar-refractivity contribution >= 4 is 23.5 Å². The van der Waals surface area contributed by atoms with E-state index in [1.54, 1.807) is 24.3 Å². The van der Waals surface area contributed by atoms with Gasteiger partial charge >= 0.3 is 11.9 Å². The van der Waals surface area contributed by atoms with Gasteiger partial charge in [-0.05, 0) is 54.7 Å². The lowest BCUT2D eigenvalue weighted by atomic mass is 9.83. The molecule has 2 aliphatic heterocycles. The molecule has 0 amide bonds. The second-order valence-corrected chi connectivity index (χ2v) is 12.8. The molecule has 1 aliphatic carbocycles. The maximum atomic E-state index is 13.2. The van der Waals surface area contributed by atoms with Crippen LogP contribution in [0.15, 0.2) is 66.7 Å². The first-order valence-corrected chi connectivity index (χ1v) is 17.0. The van der Waals surface area contributed by atoms with Crippen LogP contribution >= 0.6 is 0 Å². The van der Waals surface area contributed by atoms with Crippen LogP contribution in [0.2, 0.25) is 0 Å². The molecule has 0 radical (unpaired) electrons. The van der Waals surface area contributed by atoms with Gasteiger partial charge in [-0.25, -0.2) is 9.59 Å². The highest BCUT2D eigenvalue weighted by Gasteiger charge is 2.51. The van der Waals surface area contributed by atoms with Gasteiger partial charge in [0, 0.05) is 22.3 Å². The van der Waals surface area contributed by atoms with E-state index in [2.05, 4.69) is 13.8 Å². The molecule has 47 heavy (non-hydrogen) atoms. The van der Waals surface area contributed by atoms with Crippen molar-refractivity contribution in [1.82, 2.24) is 0 Å². The fourth-order valence-electron chi connectivity index (χ4n) is 6.98. The van der Waals surface area contributed by atoms with Gasteiger partial charge in [0.2, 0.25) is 0 Å². The number of fused-ring (bicyclic) bond motifs is 3. The van der Waals surface area contributed by atoms with Gasteiger partial charge in [-0.2, -0.15) is 0 Å². The van der Waals surface area contributed by atoms with Crippen LogP contribution in [0.3, 0.4) is 0 Å². The Balaban J connectivity index is 1.04. The summed E-state index contributed by atoms with van der Waals surface area (Å²) in [5, 5.41) is 0. The average Bonchev–Trinajstić information content (AvgIpc) is 3.69. The number of hydrogen-bond acceptors (Lipinski definition) is 8. The molecule has 2 saturated heterocycles. The van der Waals surface area contributed by atoms with E-state index in [0.29, 0.717) is 22.6 Å². The Kier molecular flexibility index (Phi) is 10.3. The van der Waals surface area contributed by atoms with Gasteiger partial charge in [-0.1, -0.05) is 88.8 Å². The largest absolute Gasteiger partial charge is 0.453 e. The number of benzene rings is 3. The first kappa shape index (κ1) is 32.8. The van der Waals surface area contributed by atoms with Crippen molar-refractivity contribution in [2.45, 2.75) is 95.5 Å². The Morgan fingerprint density at radius 3 is 1.83 bits per heavy atom. The van der Waals surface area contributed by atoms with Crippen LogP contribution in [0, 0.1) is 0 Å². The number of esters is 2. The maximum Gasteiger partial charge on any atom is 0.338 e. The molecule has 2 fully saturated rings. The van der Waals surface area contributed by atoms with E-state index in [0.717, 1.165) is 19.3 Å². The standard InChI is InChI=1S/C39H42O8/c1-3-5-6-7-8-12-24(11-4-2)25-15-17-26(18-16-25)38(42)46-32-22-44-37-33(23-45-36(32)37)47-39(43)27-19-20-30-31(21-27)35(41)29-14-10-9-13-28(29)34(30)40/h9-10,13-21,24,32-33,36-37H,3-8,11-12,22-23H2,1-2H3. The van der Waals surface area contributed by atoms with Gasteiger partial charge in [-0.3, -0.25) is 9.59 Å². The Morgan fingerprint density at radius 2 is 1.21 bits per heavy atom. The highest BCUT2D eigenvalue weighted by molar-refractivity contribution is 6.28. The van der Waals surface area contributed by atoms with E-state index in [1.807, 2.05) is 24.3 Å². The quantitative estimate of drug-likeness (QED) is 0.111. The van der Waals surface area contributed by atoms with E-state index in [9.17, 15) is 19.2 Å². The monoisotopic (exact) mass is 638 g/mol. The van der Waals surface area contributed by atoms with E-state index in [-0.39, 0.29) is 41.5 Å². The number of carbonyl (C=O) groups excluding carboxylic acids is 4. The number of ether oxygens (including phenoxy) is 4. The molecule has 3 aromatic carbocycles. The van der Waals surface area contributed by atoms with Crippen molar-refractivity contribution in [3.05, 3.63) is 106 Å². The van der Waals surface area contributed by atoms with Crippen LogP contribution in [-0.4, -0.2) is 61.1 Å². The van der Waals surface area contributed by atoms with Gasteiger partial charge in [0.25, 0.3) is 0 Å². The molecule has 3 aromatic rings. The summed E-state index contributed by atoms with van der Waals surface area (Å²) in [7, 11) is 0. The molecule has 8 heteroatoms. The Labute approximate surface area is 275 Å². The molecule has 0 saturated carbocycles. The lowest BCUT2D eigenvalue weighted by molar-refractivity contribution is -0.0287. The minimum absolute atomic E-state index is 0.0802. The number of carbonyl (C=O) groups is 4. The van der Waals surface area contributed by atoms with Gasteiger partial charge in [0.15, 0.2) is 23.8 Å². The van der Waals surface area contributed by atoms with Crippen molar-refractivity contribution in [2.24, 2.45) is 0 Å². The number of ketones is 2. The van der Waals surface area contributed by atoms with Crippen LogP contribution in [0.25, 0.3) is 0 Å². The highest BCUT2D eigenvalue weighted by atomic mass is 16.7. The van der Waals surface area contributed by atoms with Crippen LogP contribution in [-0.2, 0) is 18.9 Å². The minimum atomic E-state index is -0.720. The summed E-state index contributed by atoms with van der Waals surface area (Å²) in [6.07, 6.45) is 7.17. The van der Waals surface area contributed by atoms with Gasteiger partial charge < -0.3 is 18.9 Å². The first-order chi connectivity index (χ1) is 22.9. The summed E-state index contributed by atoms with van der Waals surface area (Å²) in [6, 6.07) is 18.8. The predicted octanol–water partition coefficient (Wildman–Crippen LogP) is 7.25. The van der Waals surface area contributed by atoms with Crippen LogP contribution in [0.4, 0.5) is 0 Å². The molecule has 3 aliphatic rings. The van der Waals surface area contributed by atoms with Crippen molar-refractivity contribution in [1.29, 1.82) is 0 Å². The minimum Gasteiger partial charge on any atom is -0.453 e. The molecule has 5 unspecified atom stereocenters. The highest BCUT2D eigenvalue weighted by Crippen LogP contribution is 2.33. The van der Waals surface area contributed by atoms with Crippen LogP contribution in [0.5, 0.6) is 0 Å². The molecule has 8 nitrogen and oxygen atoms in total. The molecule has 0 N–H and O–H groups in total. The number of unbranched alkanes of at least 4 members (excludes halogenated alkanes) is 4. The molecule has 5 atom stereocenters. The Bertz CT molecular complexity index is 1630. The maximum absolute atomic E-state index is 13.2. The van der Waals surface area contributed by atoms with E-state index in [4.69, 9.17) is 18.9 Å². The lowest BCUT2D eigenvalue weighted by Crippen LogP contribution is -2.36. The fraction of sp³-hybridized carbons (Fsp3) is 0.436. The third kappa shape index (κ3) is 6.94. The molecule has 2 heterocycles. The summed E-state index contributed by atoms with van der Waals surface area (Å²) < 4.78 is 23.4. The lowest BCUT2D eigenvalue weighted by Gasteiger charge is -2.19. The van der Waals surface area contributed by atoms with Gasteiger partial charge in [-0.15, -0.1) is 0 Å². The second-order valence-electron chi connectivity index (χ2n) is 12.8. The molecular weight excluding hydrogens is 596 g/mol. The van der Waals surface area contributed by atoms with Crippen LogP contribution < -0.4 is 0 Å². The van der Waals surface area contributed by atoms with Gasteiger partial charge in [0.1, 0.15) is 12.2 Å².